The van der Waals surface area contributed by atoms with Gasteiger partial charge in [-0.2, -0.15) is 0 Å². The molecule has 5 aromatic carbocycles. The molecular weight excluding hydrogens is 645 g/mol. The second kappa shape index (κ2) is 11.4. The molecule has 3 heteroatoms. The van der Waals surface area contributed by atoms with Gasteiger partial charge in [0.2, 0.25) is 0 Å². The van der Waals surface area contributed by atoms with Crippen molar-refractivity contribution in [2.75, 3.05) is 0 Å². The molecule has 0 nitrogen and oxygen atoms in total. The molecule has 0 heterocycles. The number of rotatable bonds is 7. The summed E-state index contributed by atoms with van der Waals surface area (Å²) in [6, 6.07) is 48.9. The normalized spacial score (nSPS) is 11.0. The van der Waals surface area contributed by atoms with Gasteiger partial charge in [-0.1, -0.05) is 0 Å². The van der Waals surface area contributed by atoms with Crippen LogP contribution in [0.3, 0.4) is 0 Å². The van der Waals surface area contributed by atoms with Gasteiger partial charge >= 0.3 is 221 Å². The van der Waals surface area contributed by atoms with Crippen LogP contribution < -0.4 is 9.81 Å². The van der Waals surface area contributed by atoms with E-state index in [2.05, 4.69) is 140 Å². The Labute approximate surface area is 219 Å². The van der Waals surface area contributed by atoms with Crippen molar-refractivity contribution in [2.45, 2.75) is 26.5 Å². The fourth-order valence-electron chi connectivity index (χ4n) is 3.79. The van der Waals surface area contributed by atoms with Crippen molar-refractivity contribution in [3.63, 3.8) is 0 Å². The van der Waals surface area contributed by atoms with Gasteiger partial charge in [-0.05, 0) is 0 Å². The summed E-state index contributed by atoms with van der Waals surface area (Å²) in [5.41, 5.74) is 1.31. The fraction of sp³-hybridized carbons (Fsp3) is 0.0323. The second-order valence-electron chi connectivity index (χ2n) is 7.94. The zero-order chi connectivity index (χ0) is 23.2. The molecule has 0 atom stereocenters. The SMILES string of the molecule is Cc1cc[c]([Bi]([c]2ccccc2Sc2ccccc2)[c]2ccccc2Sc2ccccc2)cc1. The van der Waals surface area contributed by atoms with Crippen molar-refractivity contribution in [1.29, 1.82) is 0 Å². The standard InChI is InChI=1S/2C12H9S.C7H7.Bi/c2*1-3-7-11(8-4-1)13-12-9-5-2-6-10-12;1-7-5-3-2-4-6-7;/h2*1-9H;3-6H,1H3;. The Bertz CT molecular complexity index is 1260. The molecule has 0 unspecified atom stereocenters. The minimum absolute atomic E-state index is 1.29. The van der Waals surface area contributed by atoms with E-state index in [4.69, 9.17) is 0 Å². The van der Waals surface area contributed by atoms with Gasteiger partial charge in [-0.15, -0.1) is 0 Å². The van der Waals surface area contributed by atoms with Gasteiger partial charge in [0.1, 0.15) is 0 Å². The van der Waals surface area contributed by atoms with E-state index in [1.54, 1.807) is 0 Å². The molecule has 166 valence electrons. The van der Waals surface area contributed by atoms with E-state index in [0.29, 0.717) is 0 Å². The summed E-state index contributed by atoms with van der Waals surface area (Å²) in [4.78, 5) is 5.34. The van der Waals surface area contributed by atoms with Crippen LogP contribution in [0.25, 0.3) is 0 Å². The van der Waals surface area contributed by atoms with Crippen molar-refractivity contribution in [3.8, 4) is 0 Å². The number of aryl methyl sites for hydroxylation is 1. The quantitative estimate of drug-likeness (QED) is 0.175. The Balaban J connectivity index is 1.64. The summed E-state index contributed by atoms with van der Waals surface area (Å²) < 4.78 is 4.59. The topological polar surface area (TPSA) is 0 Å². The van der Waals surface area contributed by atoms with Crippen LogP contribution in [0, 0.1) is 6.92 Å². The average Bonchev–Trinajstić information content (AvgIpc) is 2.88. The van der Waals surface area contributed by atoms with Gasteiger partial charge in [0, 0.05) is 0 Å². The predicted octanol–water partition coefficient (Wildman–Crippen LogP) is 6.81. The Morgan fingerprint density at radius 1 is 0.441 bits per heavy atom. The van der Waals surface area contributed by atoms with E-state index in [-0.39, 0.29) is 0 Å². The third-order valence-electron chi connectivity index (χ3n) is 5.45. The van der Waals surface area contributed by atoms with Crippen molar-refractivity contribution >= 4 is 55.1 Å². The molecule has 0 aliphatic rings. The molecule has 5 aromatic rings. The van der Waals surface area contributed by atoms with Gasteiger partial charge < -0.3 is 0 Å². The predicted molar refractivity (Wildman–Crippen MR) is 150 cm³/mol. The van der Waals surface area contributed by atoms with Crippen LogP contribution in [0.15, 0.2) is 153 Å². The Morgan fingerprint density at radius 2 is 0.853 bits per heavy atom. The molecule has 34 heavy (non-hydrogen) atoms. The van der Waals surface area contributed by atoms with E-state index in [1.807, 2.05) is 23.5 Å². The van der Waals surface area contributed by atoms with Gasteiger partial charge in [0.15, 0.2) is 0 Å². The maximum atomic E-state index is 2.38. The third-order valence-corrected chi connectivity index (χ3v) is 18.8. The first-order valence-corrected chi connectivity index (χ1v) is 18.1. The van der Waals surface area contributed by atoms with Crippen molar-refractivity contribution < 1.29 is 0 Å². The molecule has 5 rings (SSSR count). The molecular formula is C31H25BiS2. The van der Waals surface area contributed by atoms with Crippen LogP contribution in [0.4, 0.5) is 0 Å². The monoisotopic (exact) mass is 670 g/mol. The number of hydrogen-bond acceptors (Lipinski definition) is 2. The number of benzene rings is 5. The van der Waals surface area contributed by atoms with Crippen LogP contribution in [-0.4, -0.2) is 21.8 Å². The number of hydrogen-bond donors (Lipinski definition) is 0. The summed E-state index contributed by atoms with van der Waals surface area (Å²) in [7, 11) is 0. The maximum absolute atomic E-state index is 2.61. The summed E-state index contributed by atoms with van der Waals surface area (Å²) >= 11 is 1.17. The Kier molecular flexibility index (Phi) is 7.86. The van der Waals surface area contributed by atoms with Gasteiger partial charge in [-0.25, -0.2) is 0 Å². The summed E-state index contributed by atoms with van der Waals surface area (Å²) in [5.74, 6) is 0. The van der Waals surface area contributed by atoms with Gasteiger partial charge in [0.25, 0.3) is 0 Å². The van der Waals surface area contributed by atoms with E-state index in [1.165, 1.54) is 35.0 Å². The molecule has 0 spiro atoms. The third kappa shape index (κ3) is 5.66. The molecule has 0 radical (unpaired) electrons. The zero-order valence-electron chi connectivity index (χ0n) is 19.0. The molecule has 0 N–H and O–H groups in total. The van der Waals surface area contributed by atoms with E-state index in [9.17, 15) is 0 Å². The van der Waals surface area contributed by atoms with Crippen LogP contribution in [0.1, 0.15) is 5.56 Å². The van der Waals surface area contributed by atoms with Crippen LogP contribution in [0.2, 0.25) is 0 Å². The summed E-state index contributed by atoms with van der Waals surface area (Å²) in [6.45, 7) is 2.17. The summed E-state index contributed by atoms with van der Waals surface area (Å²) in [6.07, 6.45) is 0. The van der Waals surface area contributed by atoms with Crippen molar-refractivity contribution in [2.24, 2.45) is 0 Å². The minimum atomic E-state index is -2.61. The first-order chi connectivity index (χ1) is 16.8. The van der Waals surface area contributed by atoms with E-state index < -0.39 is 21.8 Å². The first-order valence-electron chi connectivity index (χ1n) is 11.3. The summed E-state index contributed by atoms with van der Waals surface area (Å²) in [5, 5.41) is 0. The molecule has 0 fully saturated rings. The van der Waals surface area contributed by atoms with Gasteiger partial charge in [0.05, 0.1) is 0 Å². The second-order valence-corrected chi connectivity index (χ2v) is 18.5. The van der Waals surface area contributed by atoms with Crippen LogP contribution >= 0.6 is 23.5 Å². The van der Waals surface area contributed by atoms with E-state index in [0.717, 1.165) is 0 Å². The van der Waals surface area contributed by atoms with Gasteiger partial charge in [-0.3, -0.25) is 0 Å². The molecule has 0 aliphatic heterocycles. The molecule has 0 aliphatic carbocycles. The molecule has 0 saturated heterocycles. The Hall–Kier alpha value is -2.32. The molecule has 0 saturated carbocycles. The van der Waals surface area contributed by atoms with Crippen molar-refractivity contribution in [3.05, 3.63) is 139 Å². The average molecular weight is 671 g/mol. The molecule has 0 amide bonds. The zero-order valence-corrected chi connectivity index (χ0v) is 24.1. The Morgan fingerprint density at radius 3 is 1.32 bits per heavy atom. The molecule has 0 aromatic heterocycles. The fourth-order valence-corrected chi connectivity index (χ4v) is 17.2. The van der Waals surface area contributed by atoms with Crippen LogP contribution in [-0.2, 0) is 0 Å². The molecule has 0 bridgehead atoms. The van der Waals surface area contributed by atoms with E-state index >= 15 is 0 Å². The first kappa shape index (κ1) is 23.4. The van der Waals surface area contributed by atoms with Crippen molar-refractivity contribution in [1.82, 2.24) is 0 Å². The van der Waals surface area contributed by atoms with Crippen LogP contribution in [0.5, 0.6) is 0 Å².